The van der Waals surface area contributed by atoms with Crippen LogP contribution in [0, 0.1) is 0 Å². The van der Waals surface area contributed by atoms with Gasteiger partial charge in [-0.1, -0.05) is 50.2 Å². The van der Waals surface area contributed by atoms with Gasteiger partial charge in [-0.15, -0.1) is 0 Å². The van der Waals surface area contributed by atoms with Crippen molar-refractivity contribution in [3.8, 4) is 16.9 Å². The predicted octanol–water partition coefficient (Wildman–Crippen LogP) is 4.42. The van der Waals surface area contributed by atoms with Crippen molar-refractivity contribution in [2.75, 3.05) is 6.61 Å². The molecule has 0 aliphatic rings. The summed E-state index contributed by atoms with van der Waals surface area (Å²) in [5, 5.41) is 0. The minimum atomic E-state index is 0.219. The van der Waals surface area contributed by atoms with Crippen LogP contribution in [0.2, 0.25) is 0 Å². The molecule has 2 aromatic carbocycles. The second kappa shape index (κ2) is 7.84. The molecule has 1 atom stereocenters. The lowest BCUT2D eigenvalue weighted by Crippen LogP contribution is -2.21. The Kier molecular flexibility index (Phi) is 5.82. The van der Waals surface area contributed by atoms with Crippen molar-refractivity contribution in [3.63, 3.8) is 0 Å². The normalized spacial score (nSPS) is 12.1. The van der Waals surface area contributed by atoms with Gasteiger partial charge in [0.2, 0.25) is 0 Å². The molecule has 0 radical (unpaired) electrons. The molecule has 0 aromatic heterocycles. The minimum Gasteiger partial charge on any atom is -0.493 e. The van der Waals surface area contributed by atoms with Gasteiger partial charge in [-0.2, -0.15) is 0 Å². The zero-order valence-electron chi connectivity index (χ0n) is 13.0. The molecule has 2 nitrogen and oxygen atoms in total. The first-order valence-electron chi connectivity index (χ1n) is 7.81. The smallest absolute Gasteiger partial charge is 0.127 e. The molecule has 112 valence electrons. The molecule has 0 bridgehead atoms. The maximum Gasteiger partial charge on any atom is 0.127 e. The Bertz CT molecular complexity index is 551. The van der Waals surface area contributed by atoms with E-state index in [2.05, 4.69) is 56.3 Å². The van der Waals surface area contributed by atoms with Crippen LogP contribution in [0.1, 0.15) is 32.3 Å². The zero-order valence-corrected chi connectivity index (χ0v) is 13.0. The monoisotopic (exact) mass is 283 g/mol. The zero-order chi connectivity index (χ0) is 15.1. The number of hydrogen-bond donors (Lipinski definition) is 1. The van der Waals surface area contributed by atoms with Crippen molar-refractivity contribution >= 4 is 0 Å². The Hall–Kier alpha value is -1.80. The number of benzene rings is 2. The molecular formula is C19H25NO. The Labute approximate surface area is 127 Å². The van der Waals surface area contributed by atoms with Gasteiger partial charge in [-0.05, 0) is 42.5 Å². The van der Waals surface area contributed by atoms with Gasteiger partial charge in [0.05, 0.1) is 6.61 Å². The van der Waals surface area contributed by atoms with E-state index in [0.717, 1.165) is 37.2 Å². The van der Waals surface area contributed by atoms with Crippen LogP contribution in [0.5, 0.6) is 5.75 Å². The quantitative estimate of drug-likeness (QED) is 0.816. The molecule has 0 heterocycles. The van der Waals surface area contributed by atoms with E-state index in [1.165, 1.54) is 11.1 Å². The highest BCUT2D eigenvalue weighted by Gasteiger charge is 2.09. The van der Waals surface area contributed by atoms with E-state index in [9.17, 15) is 0 Å². The molecule has 0 saturated heterocycles. The summed E-state index contributed by atoms with van der Waals surface area (Å²) in [4.78, 5) is 0. The van der Waals surface area contributed by atoms with E-state index in [4.69, 9.17) is 10.5 Å². The maximum absolute atomic E-state index is 6.08. The van der Waals surface area contributed by atoms with Gasteiger partial charge < -0.3 is 10.5 Å². The fraction of sp³-hybridized carbons (Fsp3) is 0.368. The summed E-state index contributed by atoms with van der Waals surface area (Å²) in [6.07, 6.45) is 2.91. The topological polar surface area (TPSA) is 35.2 Å². The fourth-order valence-electron chi connectivity index (χ4n) is 2.33. The largest absolute Gasteiger partial charge is 0.493 e. The minimum absolute atomic E-state index is 0.219. The van der Waals surface area contributed by atoms with Crippen LogP contribution >= 0.6 is 0 Å². The molecule has 2 N–H and O–H groups in total. The SMILES string of the molecule is CCCOc1ccc(CC(N)CC)cc1-c1ccccc1. The molecule has 0 aliphatic heterocycles. The summed E-state index contributed by atoms with van der Waals surface area (Å²) in [7, 11) is 0. The molecule has 1 unspecified atom stereocenters. The van der Waals surface area contributed by atoms with Crippen LogP contribution in [0.15, 0.2) is 48.5 Å². The van der Waals surface area contributed by atoms with Crippen LogP contribution in [0.4, 0.5) is 0 Å². The summed E-state index contributed by atoms with van der Waals surface area (Å²) in [5.41, 5.74) is 9.70. The first-order valence-corrected chi connectivity index (χ1v) is 7.81. The second-order valence-corrected chi connectivity index (χ2v) is 5.42. The van der Waals surface area contributed by atoms with Crippen LogP contribution in [-0.2, 0) is 6.42 Å². The van der Waals surface area contributed by atoms with Crippen molar-refractivity contribution in [3.05, 3.63) is 54.1 Å². The number of rotatable bonds is 7. The third kappa shape index (κ3) is 4.33. The standard InChI is InChI=1S/C19H25NO/c1-3-12-21-19-11-10-15(13-17(20)4-2)14-18(19)16-8-6-5-7-9-16/h5-11,14,17H,3-4,12-13,20H2,1-2H3. The Morgan fingerprint density at radius 1 is 1.05 bits per heavy atom. The second-order valence-electron chi connectivity index (χ2n) is 5.42. The lowest BCUT2D eigenvalue weighted by atomic mass is 9.98. The predicted molar refractivity (Wildman–Crippen MR) is 89.6 cm³/mol. The molecule has 0 aliphatic carbocycles. The van der Waals surface area contributed by atoms with E-state index in [0.29, 0.717) is 0 Å². The molecule has 0 saturated carbocycles. The van der Waals surface area contributed by atoms with E-state index in [1.807, 2.05) is 6.07 Å². The van der Waals surface area contributed by atoms with Crippen molar-refractivity contribution in [1.82, 2.24) is 0 Å². The first kappa shape index (κ1) is 15.6. The van der Waals surface area contributed by atoms with Crippen LogP contribution in [0.25, 0.3) is 11.1 Å². The number of ether oxygens (including phenoxy) is 1. The third-order valence-corrected chi connectivity index (χ3v) is 3.61. The number of nitrogens with two attached hydrogens (primary N) is 1. The van der Waals surface area contributed by atoms with Gasteiger partial charge >= 0.3 is 0 Å². The highest BCUT2D eigenvalue weighted by Crippen LogP contribution is 2.31. The molecule has 21 heavy (non-hydrogen) atoms. The maximum atomic E-state index is 6.08. The third-order valence-electron chi connectivity index (χ3n) is 3.61. The van der Waals surface area contributed by atoms with Gasteiger partial charge in [0.1, 0.15) is 5.75 Å². The molecule has 0 fully saturated rings. The van der Waals surface area contributed by atoms with E-state index < -0.39 is 0 Å². The van der Waals surface area contributed by atoms with Gasteiger partial charge in [-0.25, -0.2) is 0 Å². The van der Waals surface area contributed by atoms with Crippen molar-refractivity contribution < 1.29 is 4.74 Å². The van der Waals surface area contributed by atoms with E-state index >= 15 is 0 Å². The van der Waals surface area contributed by atoms with Gasteiger partial charge in [-0.3, -0.25) is 0 Å². The van der Waals surface area contributed by atoms with Crippen molar-refractivity contribution in [2.45, 2.75) is 39.2 Å². The van der Waals surface area contributed by atoms with E-state index in [1.54, 1.807) is 0 Å². The molecule has 0 spiro atoms. The van der Waals surface area contributed by atoms with Gasteiger partial charge in [0.25, 0.3) is 0 Å². The molecule has 2 heteroatoms. The number of hydrogen-bond acceptors (Lipinski definition) is 2. The average Bonchev–Trinajstić information content (AvgIpc) is 2.54. The van der Waals surface area contributed by atoms with E-state index in [-0.39, 0.29) is 6.04 Å². The summed E-state index contributed by atoms with van der Waals surface area (Å²) < 4.78 is 5.90. The average molecular weight is 283 g/mol. The lowest BCUT2D eigenvalue weighted by Gasteiger charge is -2.15. The summed E-state index contributed by atoms with van der Waals surface area (Å²) in [5.74, 6) is 0.955. The molecular weight excluding hydrogens is 258 g/mol. The lowest BCUT2D eigenvalue weighted by molar-refractivity contribution is 0.318. The van der Waals surface area contributed by atoms with Crippen molar-refractivity contribution in [1.29, 1.82) is 0 Å². The Morgan fingerprint density at radius 2 is 1.81 bits per heavy atom. The molecule has 2 aromatic rings. The summed E-state index contributed by atoms with van der Waals surface area (Å²) in [6.45, 7) is 4.99. The van der Waals surface area contributed by atoms with Crippen LogP contribution in [0.3, 0.4) is 0 Å². The summed E-state index contributed by atoms with van der Waals surface area (Å²) in [6, 6.07) is 17.0. The van der Waals surface area contributed by atoms with Crippen LogP contribution < -0.4 is 10.5 Å². The Morgan fingerprint density at radius 3 is 2.48 bits per heavy atom. The molecule has 2 rings (SSSR count). The van der Waals surface area contributed by atoms with Gasteiger partial charge in [0.15, 0.2) is 0 Å². The highest BCUT2D eigenvalue weighted by molar-refractivity contribution is 5.71. The van der Waals surface area contributed by atoms with Crippen molar-refractivity contribution in [2.24, 2.45) is 5.73 Å². The first-order chi connectivity index (χ1) is 10.2. The highest BCUT2D eigenvalue weighted by atomic mass is 16.5. The molecule has 0 amide bonds. The van der Waals surface area contributed by atoms with Crippen LogP contribution in [-0.4, -0.2) is 12.6 Å². The van der Waals surface area contributed by atoms with Gasteiger partial charge in [0, 0.05) is 11.6 Å². The Balaban J connectivity index is 2.34. The fourth-order valence-corrected chi connectivity index (χ4v) is 2.33. The summed E-state index contributed by atoms with van der Waals surface area (Å²) >= 11 is 0.